The first kappa shape index (κ1) is 19.6. The number of esters is 1. The second kappa shape index (κ2) is 8.71. The maximum atomic E-state index is 12.8. The van der Waals surface area contributed by atoms with Gasteiger partial charge in [-0.2, -0.15) is 0 Å². The molecule has 2 aliphatic rings. The lowest BCUT2D eigenvalue weighted by Crippen LogP contribution is -2.57. The molecular formula is C19H25ClN4O3. The summed E-state index contributed by atoms with van der Waals surface area (Å²) in [6.45, 7) is 8.44. The van der Waals surface area contributed by atoms with Crippen molar-refractivity contribution in [2.45, 2.75) is 19.9 Å². The van der Waals surface area contributed by atoms with Crippen LogP contribution < -0.4 is 5.32 Å². The number of ether oxygens (including phenoxy) is 1. The smallest absolute Gasteiger partial charge is 0.321 e. The Kier molecular flexibility index (Phi) is 6.34. The number of piperazine rings is 1. The predicted octanol–water partition coefficient (Wildman–Crippen LogP) is 1.68. The van der Waals surface area contributed by atoms with E-state index in [-0.39, 0.29) is 12.5 Å². The van der Waals surface area contributed by atoms with Gasteiger partial charge in [-0.25, -0.2) is 4.99 Å². The van der Waals surface area contributed by atoms with E-state index in [9.17, 15) is 9.59 Å². The number of carbonyl (C=O) groups is 2. The maximum Gasteiger partial charge on any atom is 0.321 e. The molecule has 0 aromatic heterocycles. The van der Waals surface area contributed by atoms with Crippen molar-refractivity contribution in [1.29, 1.82) is 0 Å². The van der Waals surface area contributed by atoms with Crippen LogP contribution in [0.15, 0.2) is 29.3 Å². The first-order valence-electron chi connectivity index (χ1n) is 9.31. The predicted molar refractivity (Wildman–Crippen MR) is 104 cm³/mol. The van der Waals surface area contributed by atoms with Gasteiger partial charge in [0.05, 0.1) is 6.61 Å². The molecule has 27 heavy (non-hydrogen) atoms. The van der Waals surface area contributed by atoms with Gasteiger partial charge in [0, 0.05) is 31.2 Å². The Morgan fingerprint density at radius 2 is 2.04 bits per heavy atom. The normalized spacial score (nSPS) is 23.6. The number of nitrogens with zero attached hydrogens (tertiary/aromatic N) is 3. The van der Waals surface area contributed by atoms with Crippen molar-refractivity contribution in [3.63, 3.8) is 0 Å². The number of halogens is 1. The lowest BCUT2D eigenvalue weighted by molar-refractivity contribution is -0.153. The topological polar surface area (TPSA) is 74.2 Å². The zero-order chi connectivity index (χ0) is 19.4. The van der Waals surface area contributed by atoms with E-state index in [1.54, 1.807) is 25.1 Å². The number of likely N-dealkylation sites (N-methyl/N-ethyl adjacent to an activating group) is 1. The molecule has 2 aliphatic heterocycles. The highest BCUT2D eigenvalue weighted by atomic mass is 35.5. The van der Waals surface area contributed by atoms with Crippen LogP contribution >= 0.6 is 11.6 Å². The molecule has 0 spiro atoms. The number of rotatable bonds is 4. The van der Waals surface area contributed by atoms with Gasteiger partial charge in [-0.15, -0.1) is 0 Å². The second-order valence-electron chi connectivity index (χ2n) is 6.59. The molecule has 2 atom stereocenters. The number of guanidine groups is 1. The van der Waals surface area contributed by atoms with Crippen molar-refractivity contribution in [2.75, 3.05) is 39.3 Å². The van der Waals surface area contributed by atoms with Crippen LogP contribution in [0, 0.1) is 5.92 Å². The number of hydrogen-bond donors (Lipinski definition) is 1. The van der Waals surface area contributed by atoms with Crippen LogP contribution in [0.5, 0.6) is 0 Å². The molecule has 8 heteroatoms. The van der Waals surface area contributed by atoms with E-state index in [0.717, 1.165) is 38.3 Å². The van der Waals surface area contributed by atoms with E-state index >= 15 is 0 Å². The molecule has 1 aromatic rings. The molecule has 1 N–H and O–H groups in total. The summed E-state index contributed by atoms with van der Waals surface area (Å²) < 4.78 is 5.12. The summed E-state index contributed by atoms with van der Waals surface area (Å²) in [7, 11) is 0. The van der Waals surface area contributed by atoms with Crippen molar-refractivity contribution in [3.8, 4) is 0 Å². The SMILES string of the molecule is CCOC(=O)[C@@H]1C(=O)NC(N2CCN(CC)CC2)=N[C@@H]1c1cccc(Cl)c1. The number of amides is 1. The van der Waals surface area contributed by atoms with E-state index in [2.05, 4.69) is 22.0 Å². The van der Waals surface area contributed by atoms with E-state index in [1.165, 1.54) is 0 Å². The zero-order valence-corrected chi connectivity index (χ0v) is 16.4. The van der Waals surface area contributed by atoms with Crippen molar-refractivity contribution in [2.24, 2.45) is 10.9 Å². The molecule has 0 radical (unpaired) electrons. The maximum absolute atomic E-state index is 12.8. The standard InChI is InChI=1S/C19H25ClN4O3/c1-3-23-8-10-24(11-9-23)19-21-16(13-6-5-7-14(20)12-13)15(17(25)22-19)18(26)27-4-2/h5-7,12,15-16H,3-4,8-11H2,1-2H3,(H,21,22,25)/t15-,16+/m0/s1. The van der Waals surface area contributed by atoms with Gasteiger partial charge in [-0.1, -0.05) is 30.7 Å². The van der Waals surface area contributed by atoms with E-state index in [4.69, 9.17) is 21.3 Å². The minimum absolute atomic E-state index is 0.209. The lowest BCUT2D eigenvalue weighted by Gasteiger charge is -2.38. The van der Waals surface area contributed by atoms with Gasteiger partial charge in [0.1, 0.15) is 6.04 Å². The summed E-state index contributed by atoms with van der Waals surface area (Å²) >= 11 is 6.12. The van der Waals surface area contributed by atoms with Gasteiger partial charge < -0.3 is 14.5 Å². The third-order valence-corrected chi connectivity index (χ3v) is 5.18. The van der Waals surface area contributed by atoms with Crippen LogP contribution in [0.25, 0.3) is 0 Å². The highest BCUT2D eigenvalue weighted by Gasteiger charge is 2.42. The zero-order valence-electron chi connectivity index (χ0n) is 15.7. The number of aliphatic imine (C=N–C) groups is 1. The van der Waals surface area contributed by atoms with Crippen LogP contribution in [-0.2, 0) is 14.3 Å². The molecule has 146 valence electrons. The van der Waals surface area contributed by atoms with Crippen LogP contribution in [0.1, 0.15) is 25.5 Å². The van der Waals surface area contributed by atoms with Crippen molar-refractivity contribution in [3.05, 3.63) is 34.9 Å². The Morgan fingerprint density at radius 3 is 2.67 bits per heavy atom. The first-order valence-corrected chi connectivity index (χ1v) is 9.69. The largest absolute Gasteiger partial charge is 0.465 e. The Hall–Kier alpha value is -2.12. The highest BCUT2D eigenvalue weighted by molar-refractivity contribution is 6.30. The number of hydrogen-bond acceptors (Lipinski definition) is 6. The highest BCUT2D eigenvalue weighted by Crippen LogP contribution is 2.32. The fourth-order valence-corrected chi connectivity index (χ4v) is 3.63. The van der Waals surface area contributed by atoms with E-state index in [1.807, 2.05) is 6.07 Å². The van der Waals surface area contributed by atoms with Crippen LogP contribution in [-0.4, -0.2) is 67.0 Å². The van der Waals surface area contributed by atoms with Gasteiger partial charge in [0.25, 0.3) is 0 Å². The van der Waals surface area contributed by atoms with Gasteiger partial charge in [0.15, 0.2) is 5.92 Å². The van der Waals surface area contributed by atoms with Crippen LogP contribution in [0.2, 0.25) is 5.02 Å². The Bertz CT molecular complexity index is 731. The molecule has 0 aliphatic carbocycles. The van der Waals surface area contributed by atoms with Gasteiger partial charge >= 0.3 is 5.97 Å². The molecule has 0 unspecified atom stereocenters. The van der Waals surface area contributed by atoms with E-state index in [0.29, 0.717) is 11.0 Å². The Morgan fingerprint density at radius 1 is 1.30 bits per heavy atom. The second-order valence-corrected chi connectivity index (χ2v) is 7.03. The quantitative estimate of drug-likeness (QED) is 0.623. The van der Waals surface area contributed by atoms with Gasteiger partial charge in [-0.3, -0.25) is 14.9 Å². The number of benzene rings is 1. The summed E-state index contributed by atoms with van der Waals surface area (Å²) in [6, 6.07) is 6.46. The van der Waals surface area contributed by atoms with Crippen molar-refractivity contribution >= 4 is 29.4 Å². The molecule has 1 saturated heterocycles. The molecule has 2 heterocycles. The summed E-state index contributed by atoms with van der Waals surface area (Å²) in [5, 5.41) is 3.34. The van der Waals surface area contributed by atoms with Crippen LogP contribution in [0.3, 0.4) is 0 Å². The molecule has 1 fully saturated rings. The molecule has 1 amide bonds. The summed E-state index contributed by atoms with van der Waals surface area (Å²) in [4.78, 5) is 34.4. The summed E-state index contributed by atoms with van der Waals surface area (Å²) in [5.41, 5.74) is 0.722. The van der Waals surface area contributed by atoms with Crippen molar-refractivity contribution < 1.29 is 14.3 Å². The Labute approximate surface area is 164 Å². The average molecular weight is 393 g/mol. The van der Waals surface area contributed by atoms with Crippen LogP contribution in [0.4, 0.5) is 0 Å². The van der Waals surface area contributed by atoms with E-state index < -0.39 is 17.9 Å². The third kappa shape index (κ3) is 4.42. The van der Waals surface area contributed by atoms with Gasteiger partial charge in [-0.05, 0) is 31.2 Å². The first-order chi connectivity index (χ1) is 13.0. The Balaban J connectivity index is 1.91. The third-order valence-electron chi connectivity index (χ3n) is 4.94. The molecule has 3 rings (SSSR count). The molecule has 0 bridgehead atoms. The fourth-order valence-electron chi connectivity index (χ4n) is 3.43. The molecule has 1 aromatic carbocycles. The molecular weight excluding hydrogens is 368 g/mol. The van der Waals surface area contributed by atoms with Crippen molar-refractivity contribution in [1.82, 2.24) is 15.1 Å². The number of nitrogens with one attached hydrogen (secondary N) is 1. The summed E-state index contributed by atoms with van der Waals surface area (Å²) in [6.07, 6.45) is 0. The lowest BCUT2D eigenvalue weighted by atomic mass is 9.91. The minimum Gasteiger partial charge on any atom is -0.465 e. The minimum atomic E-state index is -1.02. The molecule has 0 saturated carbocycles. The molecule has 7 nitrogen and oxygen atoms in total. The fraction of sp³-hybridized carbons (Fsp3) is 0.526. The van der Waals surface area contributed by atoms with Gasteiger partial charge in [0.2, 0.25) is 11.9 Å². The summed E-state index contributed by atoms with van der Waals surface area (Å²) in [5.74, 6) is -1.47. The number of carbonyl (C=O) groups excluding carboxylic acids is 2. The monoisotopic (exact) mass is 392 g/mol. The average Bonchev–Trinajstić information content (AvgIpc) is 2.67.